The minimum atomic E-state index is -2.26. The summed E-state index contributed by atoms with van der Waals surface area (Å²) in [6.45, 7) is 6.35. The Labute approximate surface area is 753 Å². The number of aliphatic carboxylic acids is 1. The second-order valence-electron chi connectivity index (χ2n) is 32.5. The van der Waals surface area contributed by atoms with E-state index in [1.165, 1.54) is 63.7 Å². The molecule has 7 aliphatic heterocycles. The predicted molar refractivity (Wildman–Crippen MR) is 462 cm³/mol. The van der Waals surface area contributed by atoms with Gasteiger partial charge in [0.25, 0.3) is 0 Å². The molecule has 0 radical (unpaired) electrons. The number of methoxy groups -OCH3 is 2. The third kappa shape index (κ3) is 21.2. The largest absolute Gasteiger partial charge is 0.508 e. The lowest BCUT2D eigenvalue weighted by Crippen LogP contribution is -2.65. The molecule has 11 bridgehead atoms. The minimum Gasteiger partial charge on any atom is -0.508 e. The van der Waals surface area contributed by atoms with Crippen molar-refractivity contribution in [2.75, 3.05) is 34.5 Å². The maximum atomic E-state index is 16.1. The van der Waals surface area contributed by atoms with Gasteiger partial charge in [0, 0.05) is 46.3 Å². The van der Waals surface area contributed by atoms with E-state index in [1.54, 1.807) is 38.1 Å². The fourth-order valence-corrected chi connectivity index (χ4v) is 16.7. The zero-order valence-electron chi connectivity index (χ0n) is 70.5. The van der Waals surface area contributed by atoms with Crippen LogP contribution in [0.2, 0.25) is 15.1 Å². The average Bonchev–Trinajstić information content (AvgIpc) is 0.768. The number of carbonyl (C=O) groups excluding carboxylic acids is 7. The number of benzene rings is 8. The molecular formula is C90H98Cl3N9O27. The van der Waals surface area contributed by atoms with Crippen LogP contribution in [0.4, 0.5) is 0 Å². The van der Waals surface area contributed by atoms with Crippen LogP contribution in [-0.4, -0.2) is 212 Å². The number of ether oxygens (including phenoxy) is 9. The highest BCUT2D eigenvalue weighted by Crippen LogP contribution is 2.50. The number of nitrogens with two attached hydrogens (primary N) is 1. The summed E-state index contributed by atoms with van der Waals surface area (Å²) in [6.07, 6.45) is -16.1. The molecule has 18 atom stereocenters. The number of phenolic OH excluding ortho intramolecular Hbond substituents is 3. The van der Waals surface area contributed by atoms with Crippen LogP contribution < -0.4 is 76.7 Å². The lowest BCUT2D eigenvalue weighted by atomic mass is 9.84. The molecular weight excluding hydrogens is 1750 g/mol. The first-order valence-electron chi connectivity index (χ1n) is 41.1. The van der Waals surface area contributed by atoms with Crippen LogP contribution >= 0.6 is 34.8 Å². The number of aliphatic hydroxyl groups is 6. The molecule has 686 valence electrons. The third-order valence-electron chi connectivity index (χ3n) is 22.9. The van der Waals surface area contributed by atoms with E-state index in [4.69, 9.17) is 83.2 Å². The Hall–Kier alpha value is -11.9. The maximum Gasteiger partial charge on any atom is 0.330 e. The molecule has 0 saturated carbocycles. The summed E-state index contributed by atoms with van der Waals surface area (Å²) in [7, 11) is 4.16. The van der Waals surface area contributed by atoms with E-state index in [0.717, 1.165) is 53.1 Å². The Morgan fingerprint density at radius 2 is 1.25 bits per heavy atom. The van der Waals surface area contributed by atoms with Gasteiger partial charge in [0.05, 0.1) is 62.1 Å². The highest BCUT2D eigenvalue weighted by molar-refractivity contribution is 6.32. The number of rotatable bonds is 24. The van der Waals surface area contributed by atoms with Gasteiger partial charge in [-0.05, 0) is 169 Å². The topological polar surface area (TPSA) is 544 Å². The average molecular weight is 1840 g/mol. The second-order valence-corrected chi connectivity index (χ2v) is 33.7. The molecule has 39 heteroatoms. The first kappa shape index (κ1) is 94.8. The van der Waals surface area contributed by atoms with E-state index in [1.807, 2.05) is 50.2 Å². The van der Waals surface area contributed by atoms with Crippen LogP contribution in [-0.2, 0) is 65.5 Å². The van der Waals surface area contributed by atoms with Crippen molar-refractivity contribution in [3.8, 4) is 85.5 Å². The molecule has 2 fully saturated rings. The molecule has 7 heterocycles. The van der Waals surface area contributed by atoms with Gasteiger partial charge in [-0.2, -0.15) is 0 Å². The van der Waals surface area contributed by atoms with E-state index in [9.17, 15) is 75.0 Å². The number of amides is 7. The number of aryl methyl sites for hydroxylation is 1. The monoisotopic (exact) mass is 1840 g/mol. The van der Waals surface area contributed by atoms with Gasteiger partial charge in [-0.25, -0.2) is 4.79 Å². The molecule has 7 aliphatic rings. The molecule has 129 heavy (non-hydrogen) atoms. The Bertz CT molecular complexity index is 5520. The molecule has 7 amide bonds. The van der Waals surface area contributed by atoms with E-state index in [0.29, 0.717) is 17.1 Å². The van der Waals surface area contributed by atoms with Gasteiger partial charge in [0.1, 0.15) is 89.5 Å². The number of hydrogen-bond acceptors (Lipinski definition) is 28. The van der Waals surface area contributed by atoms with E-state index in [2.05, 4.69) is 42.5 Å². The summed E-state index contributed by atoms with van der Waals surface area (Å²) in [4.78, 5) is 118. The molecule has 8 aromatic carbocycles. The van der Waals surface area contributed by atoms with Crippen LogP contribution in [0, 0.1) is 5.92 Å². The van der Waals surface area contributed by atoms with Crippen molar-refractivity contribution in [1.29, 1.82) is 0 Å². The number of hydrogen-bond donors (Lipinski definition) is 19. The number of aromatic hydroxyl groups is 3. The number of halogens is 3. The summed E-state index contributed by atoms with van der Waals surface area (Å²) in [5, 5.41) is 136. The molecule has 0 spiro atoms. The number of nitrogens with one attached hydrogen (secondary N) is 8. The van der Waals surface area contributed by atoms with Gasteiger partial charge in [0.2, 0.25) is 59.1 Å². The van der Waals surface area contributed by atoms with Crippen molar-refractivity contribution in [1.82, 2.24) is 42.5 Å². The molecule has 2 saturated heterocycles. The van der Waals surface area contributed by atoms with Crippen molar-refractivity contribution in [3.63, 3.8) is 0 Å². The smallest absolute Gasteiger partial charge is 0.330 e. The molecule has 0 aromatic heterocycles. The maximum absolute atomic E-state index is 16.1. The third-order valence-corrected chi connectivity index (χ3v) is 23.8. The van der Waals surface area contributed by atoms with Gasteiger partial charge in [-0.1, -0.05) is 103 Å². The Morgan fingerprint density at radius 3 is 1.84 bits per heavy atom. The van der Waals surface area contributed by atoms with E-state index in [-0.39, 0.29) is 111 Å². The summed E-state index contributed by atoms with van der Waals surface area (Å²) < 4.78 is 57.5. The number of carboxylic acid groups (broad SMARTS) is 1. The molecule has 0 aliphatic carbocycles. The Balaban J connectivity index is 0.874. The number of carboxylic acids is 1. The summed E-state index contributed by atoms with van der Waals surface area (Å²) in [5.74, 6) is -14.7. The number of fused-ring (bicyclic) bond motifs is 15. The summed E-state index contributed by atoms with van der Waals surface area (Å²) >= 11 is 20.4. The quantitative estimate of drug-likeness (QED) is 0.0296. The minimum absolute atomic E-state index is 0.000661. The van der Waals surface area contributed by atoms with Gasteiger partial charge in [0.15, 0.2) is 41.4 Å². The first-order valence-corrected chi connectivity index (χ1v) is 42.2. The molecule has 8 aromatic rings. The highest BCUT2D eigenvalue weighted by atomic mass is 35.5. The van der Waals surface area contributed by atoms with Gasteiger partial charge in [-0.3, -0.25) is 33.6 Å². The van der Waals surface area contributed by atoms with Crippen molar-refractivity contribution in [3.05, 3.63) is 194 Å². The van der Waals surface area contributed by atoms with Crippen LogP contribution in [0.25, 0.3) is 22.3 Å². The van der Waals surface area contributed by atoms with Crippen LogP contribution in [0.1, 0.15) is 123 Å². The van der Waals surface area contributed by atoms with Crippen LogP contribution in [0.3, 0.4) is 0 Å². The number of aliphatic hydroxyl groups excluding tert-OH is 6. The summed E-state index contributed by atoms with van der Waals surface area (Å²) in [6, 6.07) is 18.9. The standard InChI is InChI=1S/C90H98Cl3N9O27/c1-39(2)25-55(95-5)82(113)101-72-74(108)46-17-22-59(53(92)29-46)125-63-31-48-32-64(78(63)123-24-8-9-42-26-61(121-6)79(62(27-42)122-7)129-89-80(77(111)76(110)65(38-103)127-89)128-67-36-90(4,81(112)40(3)124-67)96-37-41-10-12-43(13-11-41)44-14-19-49(91)20-15-44)126-60-23-18-47(30-54(60)93)75(109)73-87(118)100-71(88(119)120)52-33-50(104)34-58(106)68(52)51-28-45(16-21-57(51)105)69(84(115)102-73)99-85(116)70(48)98-83(114)56(35-66(94)107)97-86(72)117/h10-23,26-34,39-40,55-56,65,67,69-77,80-81,89,95-96,103-106,108-112H,8-9,24-25,35-38H2,1-7H3,(H2,94,107)(H,97,117)(H,98,114)(H,99,116)(H,100,118)(H,101,113)(H,102,115)(H,119,120)/t40-,55+,56-,65+,67-,69+,70+,71-,72+,73-,74+,75+,76+,77-,80+,81+,89-,90-/m0/s1. The van der Waals surface area contributed by atoms with Crippen LogP contribution in [0.15, 0.2) is 140 Å². The van der Waals surface area contributed by atoms with E-state index >= 15 is 14.4 Å². The molecule has 36 nitrogen and oxygen atoms in total. The lowest BCUT2D eigenvalue weighted by Gasteiger charge is -2.48. The Morgan fingerprint density at radius 1 is 0.643 bits per heavy atom. The van der Waals surface area contributed by atoms with Crippen molar-refractivity contribution in [2.24, 2.45) is 11.7 Å². The van der Waals surface area contributed by atoms with Crippen LogP contribution in [0.5, 0.6) is 63.2 Å². The van der Waals surface area contributed by atoms with Gasteiger partial charge < -0.3 is 142 Å². The predicted octanol–water partition coefficient (Wildman–Crippen LogP) is 6.29. The van der Waals surface area contributed by atoms with Gasteiger partial charge in [-0.15, -0.1) is 0 Å². The first-order chi connectivity index (χ1) is 61.4. The number of primary amides is 1. The highest BCUT2D eigenvalue weighted by Gasteiger charge is 2.52. The number of phenols is 3. The zero-order chi connectivity index (χ0) is 92.9. The number of carbonyl (C=O) groups is 8. The molecule has 15 rings (SSSR count). The van der Waals surface area contributed by atoms with Crippen molar-refractivity contribution >= 4 is 82.1 Å². The lowest BCUT2D eigenvalue weighted by molar-refractivity contribution is -0.334. The normalized spacial score (nSPS) is 25.5. The summed E-state index contributed by atoms with van der Waals surface area (Å²) in [5.41, 5.74) is 5.54. The second kappa shape index (κ2) is 40.4. The fraction of sp³-hybridized carbons (Fsp3) is 0.378. The van der Waals surface area contributed by atoms with Gasteiger partial charge >= 0.3 is 5.97 Å². The molecule has 0 unspecified atom stereocenters. The van der Waals surface area contributed by atoms with E-state index < -0.39 is 209 Å². The number of likely N-dealkylation sites (N-methyl/N-ethyl adjacent to an activating group) is 1. The zero-order valence-corrected chi connectivity index (χ0v) is 72.7. The molecule has 20 N–H and O–H groups in total. The Kier molecular flexibility index (Phi) is 29.7. The van der Waals surface area contributed by atoms with Crippen molar-refractivity contribution in [2.45, 2.75) is 176 Å². The van der Waals surface area contributed by atoms with Crippen molar-refractivity contribution < 1.29 is 132 Å². The SMILES string of the molecule is CN[C@H](CC(C)C)C(=O)N[C@H]1C(=O)N[C@@H](CC(N)=O)C(=O)N[C@H]2C(=O)N[C@H]3C(=O)N[C@H](C(=O)N[C@H](C(=O)O)c4cc(O)cc(O)c4-c4cc3ccc4O)[C@H](O)c3ccc(c(Cl)c3)Oc3cc2cc(c3OCCCc2cc(OC)c(O[C@@H]3O[C@H](CO)[C@@H](O)[C@H](O)[C@H]3O[C@H]3C[C@](C)(NCc4ccc(-c5ccc(Cl)cc5)cc4)[C@H](O)[C@H](C)O3)c(OC)c2)Oc2ccc(cc2Cl)[C@H]1O. The fourth-order valence-electron chi connectivity index (χ4n) is 16.1.